The number of hydrogen-bond acceptors (Lipinski definition) is 2. The summed E-state index contributed by atoms with van der Waals surface area (Å²) >= 11 is 0. The van der Waals surface area contributed by atoms with Crippen molar-refractivity contribution in [3.63, 3.8) is 0 Å². The van der Waals surface area contributed by atoms with Crippen molar-refractivity contribution in [3.8, 4) is 5.75 Å². The van der Waals surface area contributed by atoms with Crippen molar-refractivity contribution in [1.82, 2.24) is 5.32 Å². The molecule has 0 aromatic heterocycles. The van der Waals surface area contributed by atoms with E-state index in [-0.39, 0.29) is 0 Å². The molecule has 3 atom stereocenters. The van der Waals surface area contributed by atoms with E-state index in [1.165, 1.54) is 42.4 Å². The molecule has 1 saturated carbocycles. The lowest BCUT2D eigenvalue weighted by atomic mass is 9.82. The largest absolute Gasteiger partial charge is 0.489 e. The maximum absolute atomic E-state index is 6.48. The maximum Gasteiger partial charge on any atom is 0.123 e. The van der Waals surface area contributed by atoms with Crippen LogP contribution >= 0.6 is 0 Å². The lowest BCUT2D eigenvalue weighted by molar-refractivity contribution is 0.0849. The lowest BCUT2D eigenvalue weighted by Crippen LogP contribution is -2.47. The Morgan fingerprint density at radius 1 is 1.14 bits per heavy atom. The van der Waals surface area contributed by atoms with E-state index in [0.717, 1.165) is 18.2 Å². The SMILES string of the molecule is CCNC1CCC(CC)CC1Oc1cc(C)cc(C)c1C. The van der Waals surface area contributed by atoms with Crippen molar-refractivity contribution in [3.05, 3.63) is 28.8 Å². The van der Waals surface area contributed by atoms with E-state index in [2.05, 4.69) is 52.1 Å². The van der Waals surface area contributed by atoms with Crippen molar-refractivity contribution in [2.24, 2.45) is 5.92 Å². The number of nitrogens with one attached hydrogen (secondary N) is 1. The van der Waals surface area contributed by atoms with E-state index >= 15 is 0 Å². The van der Waals surface area contributed by atoms with Crippen LogP contribution in [0.2, 0.25) is 0 Å². The van der Waals surface area contributed by atoms with Gasteiger partial charge in [0.2, 0.25) is 0 Å². The summed E-state index contributed by atoms with van der Waals surface area (Å²) in [5.41, 5.74) is 3.90. The first kappa shape index (κ1) is 16.4. The Balaban J connectivity index is 2.17. The molecule has 2 heteroatoms. The highest BCUT2D eigenvalue weighted by atomic mass is 16.5. The second-order valence-corrected chi connectivity index (χ2v) is 6.61. The van der Waals surface area contributed by atoms with Crippen molar-refractivity contribution < 1.29 is 4.74 Å². The maximum atomic E-state index is 6.48. The highest BCUT2D eigenvalue weighted by Gasteiger charge is 2.31. The summed E-state index contributed by atoms with van der Waals surface area (Å²) in [7, 11) is 0. The molecule has 0 radical (unpaired) electrons. The van der Waals surface area contributed by atoms with Crippen LogP contribution in [0.15, 0.2) is 12.1 Å². The first-order valence-corrected chi connectivity index (χ1v) is 8.53. The summed E-state index contributed by atoms with van der Waals surface area (Å²) in [6.07, 6.45) is 5.33. The Bertz CT molecular complexity index is 469. The van der Waals surface area contributed by atoms with Crippen LogP contribution in [0, 0.1) is 26.7 Å². The number of hydrogen-bond donors (Lipinski definition) is 1. The van der Waals surface area contributed by atoms with Gasteiger partial charge in [-0.05, 0) is 75.3 Å². The minimum Gasteiger partial charge on any atom is -0.489 e. The molecular formula is C19H31NO. The van der Waals surface area contributed by atoms with Crippen LogP contribution in [0.25, 0.3) is 0 Å². The number of rotatable bonds is 5. The normalized spacial score (nSPS) is 25.9. The zero-order chi connectivity index (χ0) is 15.4. The van der Waals surface area contributed by atoms with Crippen LogP contribution in [0.5, 0.6) is 5.75 Å². The van der Waals surface area contributed by atoms with Crippen LogP contribution in [-0.4, -0.2) is 18.7 Å². The second kappa shape index (κ2) is 7.31. The molecule has 0 heterocycles. The van der Waals surface area contributed by atoms with Gasteiger partial charge >= 0.3 is 0 Å². The van der Waals surface area contributed by atoms with Gasteiger partial charge in [0, 0.05) is 6.04 Å². The first-order valence-electron chi connectivity index (χ1n) is 8.53. The quantitative estimate of drug-likeness (QED) is 0.858. The van der Waals surface area contributed by atoms with E-state index in [0.29, 0.717) is 12.1 Å². The molecule has 2 rings (SSSR count). The summed E-state index contributed by atoms with van der Waals surface area (Å²) in [6, 6.07) is 4.93. The molecular weight excluding hydrogens is 258 g/mol. The van der Waals surface area contributed by atoms with E-state index in [9.17, 15) is 0 Å². The molecule has 1 aliphatic rings. The van der Waals surface area contributed by atoms with Gasteiger partial charge in [0.25, 0.3) is 0 Å². The van der Waals surface area contributed by atoms with E-state index in [1.807, 2.05) is 0 Å². The van der Waals surface area contributed by atoms with Crippen molar-refractivity contribution >= 4 is 0 Å². The van der Waals surface area contributed by atoms with Crippen LogP contribution in [-0.2, 0) is 0 Å². The van der Waals surface area contributed by atoms with Crippen molar-refractivity contribution in [2.75, 3.05) is 6.54 Å². The Morgan fingerprint density at radius 2 is 1.90 bits per heavy atom. The Hall–Kier alpha value is -1.02. The molecule has 1 aliphatic carbocycles. The first-order chi connectivity index (χ1) is 10.0. The molecule has 1 N–H and O–H groups in total. The molecule has 1 aromatic rings. The molecule has 21 heavy (non-hydrogen) atoms. The topological polar surface area (TPSA) is 21.3 Å². The molecule has 1 fully saturated rings. The van der Waals surface area contributed by atoms with Gasteiger partial charge in [-0.15, -0.1) is 0 Å². The molecule has 3 unspecified atom stereocenters. The Labute approximate surface area is 130 Å². The molecule has 2 nitrogen and oxygen atoms in total. The third kappa shape index (κ3) is 4.00. The Morgan fingerprint density at radius 3 is 2.57 bits per heavy atom. The smallest absolute Gasteiger partial charge is 0.123 e. The average Bonchev–Trinajstić information content (AvgIpc) is 2.46. The fourth-order valence-corrected chi connectivity index (χ4v) is 3.49. The Kier molecular flexibility index (Phi) is 5.69. The molecule has 0 amide bonds. The van der Waals surface area contributed by atoms with Gasteiger partial charge in [0.15, 0.2) is 0 Å². The van der Waals surface area contributed by atoms with Crippen LogP contribution in [0.3, 0.4) is 0 Å². The minimum atomic E-state index is 0.309. The number of ether oxygens (including phenoxy) is 1. The fourth-order valence-electron chi connectivity index (χ4n) is 3.49. The summed E-state index contributed by atoms with van der Waals surface area (Å²) < 4.78 is 6.48. The molecule has 0 spiro atoms. The standard InChI is InChI=1S/C19H31NO/c1-6-16-8-9-17(20-7-2)19(12-16)21-18-11-13(3)10-14(4)15(18)5/h10-11,16-17,19-20H,6-9,12H2,1-5H3. The number of benzene rings is 1. The highest BCUT2D eigenvalue weighted by Crippen LogP contribution is 2.32. The van der Waals surface area contributed by atoms with Gasteiger partial charge < -0.3 is 10.1 Å². The van der Waals surface area contributed by atoms with E-state index in [4.69, 9.17) is 4.74 Å². The third-order valence-corrected chi connectivity index (χ3v) is 4.99. The molecule has 1 aromatic carbocycles. The molecule has 118 valence electrons. The number of aryl methyl sites for hydroxylation is 2. The summed E-state index contributed by atoms with van der Waals surface area (Å²) in [5.74, 6) is 1.90. The molecule has 0 saturated heterocycles. The molecule has 0 bridgehead atoms. The third-order valence-electron chi connectivity index (χ3n) is 4.99. The summed E-state index contributed by atoms with van der Waals surface area (Å²) in [6.45, 7) is 12.0. The fraction of sp³-hybridized carbons (Fsp3) is 0.684. The van der Waals surface area contributed by atoms with E-state index in [1.54, 1.807) is 0 Å². The summed E-state index contributed by atoms with van der Waals surface area (Å²) in [4.78, 5) is 0. The van der Waals surface area contributed by atoms with Gasteiger partial charge in [0.05, 0.1) is 0 Å². The predicted molar refractivity (Wildman–Crippen MR) is 90.2 cm³/mol. The van der Waals surface area contributed by atoms with Gasteiger partial charge in [-0.2, -0.15) is 0 Å². The highest BCUT2D eigenvalue weighted by molar-refractivity contribution is 5.42. The predicted octanol–water partition coefficient (Wildman–Crippen LogP) is 4.55. The number of likely N-dealkylation sites (N-methyl/N-ethyl adjacent to an activating group) is 1. The summed E-state index contributed by atoms with van der Waals surface area (Å²) in [5, 5.41) is 3.62. The molecule has 0 aliphatic heterocycles. The van der Waals surface area contributed by atoms with Crippen molar-refractivity contribution in [1.29, 1.82) is 0 Å². The van der Waals surface area contributed by atoms with E-state index < -0.39 is 0 Å². The van der Waals surface area contributed by atoms with Crippen LogP contribution in [0.1, 0.15) is 56.2 Å². The van der Waals surface area contributed by atoms with Crippen molar-refractivity contribution in [2.45, 2.75) is 72.4 Å². The lowest BCUT2D eigenvalue weighted by Gasteiger charge is -2.37. The van der Waals surface area contributed by atoms with Crippen LogP contribution < -0.4 is 10.1 Å². The zero-order valence-electron chi connectivity index (χ0n) is 14.3. The zero-order valence-corrected chi connectivity index (χ0v) is 14.3. The van der Waals surface area contributed by atoms with Gasteiger partial charge in [-0.25, -0.2) is 0 Å². The van der Waals surface area contributed by atoms with Gasteiger partial charge in [0.1, 0.15) is 11.9 Å². The monoisotopic (exact) mass is 289 g/mol. The average molecular weight is 289 g/mol. The van der Waals surface area contributed by atoms with Gasteiger partial charge in [-0.3, -0.25) is 0 Å². The van der Waals surface area contributed by atoms with Crippen LogP contribution in [0.4, 0.5) is 0 Å². The minimum absolute atomic E-state index is 0.309. The van der Waals surface area contributed by atoms with Gasteiger partial charge in [-0.1, -0.05) is 26.3 Å². The second-order valence-electron chi connectivity index (χ2n) is 6.61.